The molecule has 0 bridgehead atoms. The number of para-hydroxylation sites is 2. The maximum atomic E-state index is 12.2. The summed E-state index contributed by atoms with van der Waals surface area (Å²) in [6, 6.07) is 11.5. The van der Waals surface area contributed by atoms with Gasteiger partial charge in [-0.1, -0.05) is 29.8 Å². The lowest BCUT2D eigenvalue weighted by molar-refractivity contribution is -0.130. The second-order valence-electron chi connectivity index (χ2n) is 5.91. The third kappa shape index (κ3) is 3.40. The Morgan fingerprint density at radius 1 is 1.17 bits per heavy atom. The minimum absolute atomic E-state index is 0.168. The Kier molecular flexibility index (Phi) is 4.51. The van der Waals surface area contributed by atoms with Crippen LogP contribution >= 0.6 is 0 Å². The molecule has 3 rings (SSSR count). The van der Waals surface area contributed by atoms with Gasteiger partial charge < -0.3 is 9.47 Å². The quantitative estimate of drug-likeness (QED) is 0.697. The molecule has 5 heteroatoms. The first-order valence-corrected chi connectivity index (χ1v) is 7.84. The van der Waals surface area contributed by atoms with E-state index < -0.39 is 6.10 Å². The first-order valence-electron chi connectivity index (χ1n) is 7.84. The molecule has 0 radical (unpaired) electrons. The summed E-state index contributed by atoms with van der Waals surface area (Å²) in [5, 5.41) is 4.06. The average Bonchev–Trinajstić information content (AvgIpc) is 2.56. The zero-order chi connectivity index (χ0) is 17.1. The second-order valence-corrected chi connectivity index (χ2v) is 5.91. The molecule has 0 spiro atoms. The summed E-state index contributed by atoms with van der Waals surface area (Å²) in [5.74, 6) is 0.886. The number of benzene rings is 2. The third-order valence-corrected chi connectivity index (χ3v) is 3.91. The summed E-state index contributed by atoms with van der Waals surface area (Å²) in [7, 11) is 0. The van der Waals surface area contributed by atoms with Crippen LogP contribution in [-0.2, 0) is 4.79 Å². The van der Waals surface area contributed by atoms with Gasteiger partial charge in [0, 0.05) is 5.56 Å². The van der Waals surface area contributed by atoms with Crippen LogP contribution in [0.3, 0.4) is 0 Å². The molecule has 124 valence electrons. The summed E-state index contributed by atoms with van der Waals surface area (Å²) < 4.78 is 11.2. The minimum Gasteiger partial charge on any atom is -0.485 e. The zero-order valence-electron chi connectivity index (χ0n) is 14.0. The number of amides is 1. The molecule has 0 fully saturated rings. The number of fused-ring (bicyclic) bond motifs is 1. The molecule has 2 aromatic carbocycles. The predicted molar refractivity (Wildman–Crippen MR) is 92.7 cm³/mol. The Morgan fingerprint density at radius 2 is 1.83 bits per heavy atom. The lowest BCUT2D eigenvalue weighted by Crippen LogP contribution is -2.42. The van der Waals surface area contributed by atoms with Gasteiger partial charge in [0.15, 0.2) is 11.5 Å². The van der Waals surface area contributed by atoms with Gasteiger partial charge in [-0.2, -0.15) is 5.10 Å². The fourth-order valence-corrected chi connectivity index (χ4v) is 2.78. The number of aryl methyl sites for hydroxylation is 3. The molecule has 0 aliphatic carbocycles. The number of hydrazone groups is 1. The van der Waals surface area contributed by atoms with Gasteiger partial charge in [-0.05, 0) is 44.0 Å². The average molecular weight is 324 g/mol. The van der Waals surface area contributed by atoms with E-state index in [1.807, 2.05) is 32.0 Å². The highest BCUT2D eigenvalue weighted by Crippen LogP contribution is 2.30. The number of hydrogen-bond acceptors (Lipinski definition) is 4. The molecule has 1 aliphatic heterocycles. The molecule has 0 aromatic heterocycles. The number of rotatable bonds is 3. The van der Waals surface area contributed by atoms with Crippen LogP contribution in [0.4, 0.5) is 0 Å². The maximum Gasteiger partial charge on any atom is 0.284 e. The molecule has 0 unspecified atom stereocenters. The van der Waals surface area contributed by atoms with Gasteiger partial charge in [-0.25, -0.2) is 5.43 Å². The molecular weight excluding hydrogens is 304 g/mol. The molecule has 1 amide bonds. The number of nitrogens with one attached hydrogen (secondary N) is 1. The van der Waals surface area contributed by atoms with Crippen LogP contribution in [0.1, 0.15) is 22.3 Å². The van der Waals surface area contributed by atoms with Crippen molar-refractivity contribution in [3.8, 4) is 11.5 Å². The van der Waals surface area contributed by atoms with Crippen molar-refractivity contribution in [2.45, 2.75) is 26.9 Å². The van der Waals surface area contributed by atoms with Crippen molar-refractivity contribution in [3.63, 3.8) is 0 Å². The van der Waals surface area contributed by atoms with E-state index in [1.54, 1.807) is 12.3 Å². The van der Waals surface area contributed by atoms with Gasteiger partial charge in [0.2, 0.25) is 6.10 Å². The van der Waals surface area contributed by atoms with Crippen LogP contribution in [0.2, 0.25) is 0 Å². The van der Waals surface area contributed by atoms with Crippen molar-refractivity contribution >= 4 is 12.1 Å². The minimum atomic E-state index is -0.711. The normalized spacial score (nSPS) is 16.2. The first kappa shape index (κ1) is 16.1. The van der Waals surface area contributed by atoms with E-state index in [-0.39, 0.29) is 12.5 Å². The maximum absolute atomic E-state index is 12.2. The molecule has 0 saturated carbocycles. The van der Waals surface area contributed by atoms with Crippen LogP contribution in [0, 0.1) is 20.8 Å². The summed E-state index contributed by atoms with van der Waals surface area (Å²) >= 11 is 0. The van der Waals surface area contributed by atoms with E-state index in [2.05, 4.69) is 29.6 Å². The summed E-state index contributed by atoms with van der Waals surface area (Å²) in [4.78, 5) is 12.2. The van der Waals surface area contributed by atoms with Crippen molar-refractivity contribution in [2.75, 3.05) is 6.61 Å². The summed E-state index contributed by atoms with van der Waals surface area (Å²) in [6.07, 6.45) is 0.955. The van der Waals surface area contributed by atoms with Gasteiger partial charge in [-0.15, -0.1) is 0 Å². The fourth-order valence-electron chi connectivity index (χ4n) is 2.78. The molecular formula is C19H20N2O3. The smallest absolute Gasteiger partial charge is 0.284 e. The largest absolute Gasteiger partial charge is 0.485 e. The number of carbonyl (C=O) groups is 1. The number of hydrogen-bond donors (Lipinski definition) is 1. The number of nitrogens with zero attached hydrogens (tertiary/aromatic N) is 1. The van der Waals surface area contributed by atoms with Crippen LogP contribution in [0.5, 0.6) is 11.5 Å². The van der Waals surface area contributed by atoms with E-state index in [0.717, 1.165) is 16.7 Å². The van der Waals surface area contributed by atoms with E-state index in [1.165, 1.54) is 5.56 Å². The molecule has 2 aromatic rings. The van der Waals surface area contributed by atoms with E-state index in [9.17, 15) is 4.79 Å². The van der Waals surface area contributed by atoms with Gasteiger partial charge in [0.25, 0.3) is 5.91 Å². The van der Waals surface area contributed by atoms with Crippen LogP contribution < -0.4 is 14.9 Å². The molecule has 1 aliphatic rings. The molecule has 1 atom stereocenters. The molecule has 24 heavy (non-hydrogen) atoms. The fraction of sp³-hybridized carbons (Fsp3) is 0.263. The summed E-state index contributed by atoms with van der Waals surface area (Å²) in [5.41, 5.74) is 6.98. The topological polar surface area (TPSA) is 59.9 Å². The molecule has 1 heterocycles. The Hall–Kier alpha value is -2.82. The Labute approximate surface area is 141 Å². The van der Waals surface area contributed by atoms with Crippen molar-refractivity contribution in [3.05, 3.63) is 58.7 Å². The highest BCUT2D eigenvalue weighted by Gasteiger charge is 2.26. The van der Waals surface area contributed by atoms with Gasteiger partial charge in [0.1, 0.15) is 6.61 Å². The van der Waals surface area contributed by atoms with E-state index in [4.69, 9.17) is 9.47 Å². The monoisotopic (exact) mass is 324 g/mol. The highest BCUT2D eigenvalue weighted by atomic mass is 16.6. The molecule has 1 N–H and O–H groups in total. The second kappa shape index (κ2) is 6.74. The van der Waals surface area contributed by atoms with E-state index >= 15 is 0 Å². The van der Waals surface area contributed by atoms with Crippen molar-refractivity contribution in [2.24, 2.45) is 5.10 Å². The highest BCUT2D eigenvalue weighted by molar-refractivity contribution is 5.87. The Morgan fingerprint density at radius 3 is 2.54 bits per heavy atom. The lowest BCUT2D eigenvalue weighted by Gasteiger charge is -2.24. The number of ether oxygens (including phenoxy) is 2. The number of carbonyl (C=O) groups excluding carboxylic acids is 1. The van der Waals surface area contributed by atoms with Gasteiger partial charge >= 0.3 is 0 Å². The van der Waals surface area contributed by atoms with Crippen LogP contribution in [-0.4, -0.2) is 24.8 Å². The molecule has 5 nitrogen and oxygen atoms in total. The third-order valence-electron chi connectivity index (χ3n) is 3.91. The predicted octanol–water partition coefficient (Wildman–Crippen LogP) is 2.90. The standard InChI is InChI=1S/C19H20N2O3/c1-12-8-13(2)15(14(3)9-12)10-20-21-19(22)18-11-23-16-6-4-5-7-17(16)24-18/h4-10,18H,11H2,1-3H3,(H,21,22)/b20-10-/t18-/m1/s1. The van der Waals surface area contributed by atoms with Crippen LogP contribution in [0.25, 0.3) is 0 Å². The lowest BCUT2D eigenvalue weighted by atomic mass is 10.0. The Bertz CT molecular complexity index is 776. The van der Waals surface area contributed by atoms with Crippen molar-refractivity contribution < 1.29 is 14.3 Å². The Balaban J connectivity index is 1.64. The zero-order valence-corrected chi connectivity index (χ0v) is 14.0. The van der Waals surface area contributed by atoms with Crippen molar-refractivity contribution in [1.82, 2.24) is 5.43 Å². The van der Waals surface area contributed by atoms with Crippen molar-refractivity contribution in [1.29, 1.82) is 0 Å². The summed E-state index contributed by atoms with van der Waals surface area (Å²) in [6.45, 7) is 6.28. The van der Waals surface area contributed by atoms with Gasteiger partial charge in [-0.3, -0.25) is 4.79 Å². The van der Waals surface area contributed by atoms with E-state index in [0.29, 0.717) is 11.5 Å². The van der Waals surface area contributed by atoms with Crippen LogP contribution in [0.15, 0.2) is 41.5 Å². The first-order chi connectivity index (χ1) is 11.5. The van der Waals surface area contributed by atoms with Gasteiger partial charge in [0.05, 0.1) is 6.21 Å². The molecule has 0 saturated heterocycles. The SMILES string of the molecule is Cc1cc(C)c(/C=N\NC(=O)[C@H]2COc3ccccc3O2)c(C)c1.